The van der Waals surface area contributed by atoms with Gasteiger partial charge in [-0.15, -0.1) is 0 Å². The summed E-state index contributed by atoms with van der Waals surface area (Å²) < 4.78 is 0. The van der Waals surface area contributed by atoms with Crippen LogP contribution in [0.25, 0.3) is 21.8 Å². The summed E-state index contributed by atoms with van der Waals surface area (Å²) in [5, 5.41) is 2.82. The summed E-state index contributed by atoms with van der Waals surface area (Å²) in [7, 11) is 0. The third-order valence-electron chi connectivity index (χ3n) is 6.86. The van der Waals surface area contributed by atoms with Crippen LogP contribution in [0.4, 0.5) is 0 Å². The molecule has 1 heteroatoms. The fourth-order valence-electron chi connectivity index (χ4n) is 4.80. The molecule has 0 aliphatic heterocycles. The molecule has 0 saturated carbocycles. The first kappa shape index (κ1) is 25.5. The van der Waals surface area contributed by atoms with Crippen LogP contribution in [0, 0.1) is 11.8 Å². The Bertz CT molecular complexity index is 816. The topological polar surface area (TPSA) is 15.8 Å². The third-order valence-corrected chi connectivity index (χ3v) is 6.86. The van der Waals surface area contributed by atoms with Crippen LogP contribution in [0.5, 0.6) is 0 Å². The molecule has 2 atom stereocenters. The van der Waals surface area contributed by atoms with Gasteiger partial charge in [-0.2, -0.15) is 0 Å². The SMILES string of the molecule is CC.CCCCC(CC)Cc1ccc2[nH]c3ccc(CC(CC)CCCC)cc3c2c1. The Hall–Kier alpha value is -1.76. The molecule has 1 N–H and O–H groups in total. The molecule has 0 aliphatic carbocycles. The average molecular weight is 422 g/mol. The minimum Gasteiger partial charge on any atom is -0.355 e. The van der Waals surface area contributed by atoms with Crippen molar-refractivity contribution in [2.45, 2.75) is 106 Å². The van der Waals surface area contributed by atoms with E-state index >= 15 is 0 Å². The van der Waals surface area contributed by atoms with Crippen molar-refractivity contribution in [3.8, 4) is 0 Å². The van der Waals surface area contributed by atoms with E-state index in [-0.39, 0.29) is 0 Å². The van der Waals surface area contributed by atoms with Gasteiger partial charge in [-0.05, 0) is 60.1 Å². The molecule has 1 nitrogen and oxygen atoms in total. The number of H-pyrrole nitrogens is 1. The second-order valence-corrected chi connectivity index (χ2v) is 9.13. The van der Waals surface area contributed by atoms with Crippen LogP contribution in [-0.4, -0.2) is 4.98 Å². The molecular weight excluding hydrogens is 374 g/mol. The Kier molecular flexibility index (Phi) is 11.2. The van der Waals surface area contributed by atoms with E-state index in [1.54, 1.807) is 0 Å². The Balaban J connectivity index is 0.00000166. The largest absolute Gasteiger partial charge is 0.355 e. The summed E-state index contributed by atoms with van der Waals surface area (Å²) in [4.78, 5) is 3.64. The highest BCUT2D eigenvalue weighted by Crippen LogP contribution is 2.30. The first-order chi connectivity index (χ1) is 15.2. The standard InChI is InChI=1S/C28H41N.C2H6/c1-5-9-11-21(7-3)17-23-13-15-27-25(19-23)26-20-24(14-16-28(26)29-27)18-22(8-4)12-10-6-2;1-2/h13-16,19-22,29H,5-12,17-18H2,1-4H3;1-2H3. The molecule has 2 unspecified atom stereocenters. The second kappa shape index (κ2) is 13.6. The second-order valence-electron chi connectivity index (χ2n) is 9.13. The quantitative estimate of drug-likeness (QED) is 0.299. The summed E-state index contributed by atoms with van der Waals surface area (Å²) >= 11 is 0. The van der Waals surface area contributed by atoms with Crippen LogP contribution in [0.15, 0.2) is 36.4 Å². The van der Waals surface area contributed by atoms with Crippen LogP contribution in [0.3, 0.4) is 0 Å². The zero-order valence-electron chi connectivity index (χ0n) is 21.2. The van der Waals surface area contributed by atoms with E-state index in [0.29, 0.717) is 0 Å². The lowest BCUT2D eigenvalue weighted by Crippen LogP contribution is -2.03. The first-order valence-corrected chi connectivity index (χ1v) is 13.2. The van der Waals surface area contributed by atoms with Gasteiger partial charge in [0.05, 0.1) is 0 Å². The van der Waals surface area contributed by atoms with Gasteiger partial charge in [-0.25, -0.2) is 0 Å². The summed E-state index contributed by atoms with van der Waals surface area (Å²) in [6.07, 6.45) is 13.0. The van der Waals surface area contributed by atoms with Crippen molar-refractivity contribution < 1.29 is 0 Å². The van der Waals surface area contributed by atoms with E-state index < -0.39 is 0 Å². The highest BCUT2D eigenvalue weighted by molar-refractivity contribution is 6.07. The van der Waals surface area contributed by atoms with Crippen LogP contribution in [0.1, 0.15) is 104 Å². The van der Waals surface area contributed by atoms with Crippen molar-refractivity contribution in [3.63, 3.8) is 0 Å². The normalized spacial score (nSPS) is 13.2. The van der Waals surface area contributed by atoms with E-state index in [1.807, 2.05) is 13.8 Å². The smallest absolute Gasteiger partial charge is 0.0465 e. The summed E-state index contributed by atoms with van der Waals surface area (Å²) in [5.74, 6) is 1.63. The number of rotatable bonds is 12. The lowest BCUT2D eigenvalue weighted by atomic mass is 9.90. The molecule has 0 amide bonds. The molecule has 1 heterocycles. The van der Waals surface area contributed by atoms with Gasteiger partial charge in [0.25, 0.3) is 0 Å². The number of benzene rings is 2. The van der Waals surface area contributed by atoms with E-state index in [4.69, 9.17) is 0 Å². The molecule has 0 bridgehead atoms. The van der Waals surface area contributed by atoms with Gasteiger partial charge in [0.1, 0.15) is 0 Å². The van der Waals surface area contributed by atoms with Gasteiger partial charge in [0.2, 0.25) is 0 Å². The Morgan fingerprint density at radius 2 is 1.06 bits per heavy atom. The first-order valence-electron chi connectivity index (χ1n) is 13.2. The molecule has 2 aromatic carbocycles. The van der Waals surface area contributed by atoms with E-state index in [0.717, 1.165) is 11.8 Å². The van der Waals surface area contributed by atoms with Gasteiger partial charge >= 0.3 is 0 Å². The number of aromatic amines is 1. The lowest BCUT2D eigenvalue weighted by molar-refractivity contribution is 0.449. The molecule has 0 spiro atoms. The van der Waals surface area contributed by atoms with E-state index in [1.165, 1.54) is 97.1 Å². The minimum atomic E-state index is 0.817. The zero-order chi connectivity index (χ0) is 22.6. The maximum absolute atomic E-state index is 3.64. The van der Waals surface area contributed by atoms with E-state index in [2.05, 4.69) is 69.1 Å². The molecule has 3 rings (SSSR count). The molecular formula is C30H47N. The molecule has 172 valence electrons. The molecule has 0 aliphatic rings. The number of unbranched alkanes of at least 4 members (excludes halogenated alkanes) is 2. The Labute approximate surface area is 192 Å². The fourth-order valence-corrected chi connectivity index (χ4v) is 4.80. The predicted octanol–water partition coefficient (Wildman–Crippen LogP) is 9.87. The van der Waals surface area contributed by atoms with Crippen LogP contribution >= 0.6 is 0 Å². The van der Waals surface area contributed by atoms with Crippen molar-refractivity contribution >= 4 is 21.8 Å². The van der Waals surface area contributed by atoms with Crippen LogP contribution in [-0.2, 0) is 12.8 Å². The molecule has 0 saturated heterocycles. The highest BCUT2D eigenvalue weighted by atomic mass is 14.7. The molecule has 1 aromatic heterocycles. The molecule has 0 radical (unpaired) electrons. The number of nitrogens with one attached hydrogen (secondary N) is 1. The molecule has 0 fully saturated rings. The van der Waals surface area contributed by atoms with Crippen LogP contribution < -0.4 is 0 Å². The Morgan fingerprint density at radius 3 is 1.42 bits per heavy atom. The Morgan fingerprint density at radius 1 is 0.645 bits per heavy atom. The predicted molar refractivity (Wildman–Crippen MR) is 141 cm³/mol. The van der Waals surface area contributed by atoms with Crippen molar-refractivity contribution in [2.75, 3.05) is 0 Å². The lowest BCUT2D eigenvalue weighted by Gasteiger charge is -2.15. The number of hydrogen-bond acceptors (Lipinski definition) is 0. The number of fused-ring (bicyclic) bond motifs is 3. The number of hydrogen-bond donors (Lipinski definition) is 1. The molecule has 31 heavy (non-hydrogen) atoms. The van der Waals surface area contributed by atoms with Crippen molar-refractivity contribution in [3.05, 3.63) is 47.5 Å². The van der Waals surface area contributed by atoms with E-state index in [9.17, 15) is 0 Å². The van der Waals surface area contributed by atoms with Gasteiger partial charge in [-0.3, -0.25) is 0 Å². The van der Waals surface area contributed by atoms with Crippen LogP contribution in [0.2, 0.25) is 0 Å². The zero-order valence-corrected chi connectivity index (χ0v) is 21.2. The van der Waals surface area contributed by atoms with Gasteiger partial charge in [0, 0.05) is 21.8 Å². The summed E-state index contributed by atoms with van der Waals surface area (Å²) in [5.41, 5.74) is 5.56. The maximum atomic E-state index is 3.64. The summed E-state index contributed by atoms with van der Waals surface area (Å²) in [6, 6.07) is 14.2. The third kappa shape index (κ3) is 7.13. The average Bonchev–Trinajstić information content (AvgIpc) is 3.17. The fraction of sp³-hybridized carbons (Fsp3) is 0.600. The summed E-state index contributed by atoms with van der Waals surface area (Å²) in [6.45, 7) is 13.3. The maximum Gasteiger partial charge on any atom is 0.0465 e. The minimum absolute atomic E-state index is 0.817. The van der Waals surface area contributed by atoms with Crippen molar-refractivity contribution in [1.29, 1.82) is 0 Å². The number of aromatic nitrogens is 1. The van der Waals surface area contributed by atoms with Gasteiger partial charge in [-0.1, -0.05) is 105 Å². The molecule has 3 aromatic rings. The van der Waals surface area contributed by atoms with Crippen molar-refractivity contribution in [2.24, 2.45) is 11.8 Å². The van der Waals surface area contributed by atoms with Gasteiger partial charge < -0.3 is 4.98 Å². The monoisotopic (exact) mass is 421 g/mol. The van der Waals surface area contributed by atoms with Crippen molar-refractivity contribution in [1.82, 2.24) is 4.98 Å². The highest BCUT2D eigenvalue weighted by Gasteiger charge is 2.12. The van der Waals surface area contributed by atoms with Gasteiger partial charge in [0.15, 0.2) is 0 Å².